The summed E-state index contributed by atoms with van der Waals surface area (Å²) in [4.78, 5) is 5.60. The molecule has 0 saturated carbocycles. The summed E-state index contributed by atoms with van der Waals surface area (Å²) in [5.41, 5.74) is 4.27. The summed E-state index contributed by atoms with van der Waals surface area (Å²) in [7, 11) is 0. The van der Waals surface area contributed by atoms with E-state index in [9.17, 15) is 0 Å². The zero-order chi connectivity index (χ0) is 24.9. The van der Waals surface area contributed by atoms with Crippen molar-refractivity contribution in [3.05, 3.63) is 100 Å². The minimum absolute atomic E-state index is 0.635. The van der Waals surface area contributed by atoms with Crippen LogP contribution in [0.2, 0.25) is 5.02 Å². The van der Waals surface area contributed by atoms with Gasteiger partial charge in [-0.05, 0) is 48.5 Å². The van der Waals surface area contributed by atoms with E-state index in [2.05, 4.69) is 32.2 Å². The topological polar surface area (TPSA) is 69.1 Å². The van der Waals surface area contributed by atoms with Crippen LogP contribution in [-0.4, -0.2) is 24.8 Å². The van der Waals surface area contributed by atoms with Gasteiger partial charge in [-0.15, -0.1) is 10.2 Å². The normalized spacial score (nSPS) is 11.5. The molecule has 0 fully saturated rings. The molecule has 4 heterocycles. The van der Waals surface area contributed by atoms with E-state index in [0.717, 1.165) is 37.1 Å². The van der Waals surface area contributed by atoms with Crippen molar-refractivity contribution in [1.82, 2.24) is 24.8 Å². The van der Waals surface area contributed by atoms with Gasteiger partial charge in [-0.1, -0.05) is 81.3 Å². The van der Waals surface area contributed by atoms with Crippen LogP contribution in [0.3, 0.4) is 0 Å². The number of para-hydroxylation sites is 1. The molecule has 9 heteroatoms. The summed E-state index contributed by atoms with van der Waals surface area (Å²) in [5, 5.41) is 16.1. The van der Waals surface area contributed by atoms with Crippen molar-refractivity contribution in [2.24, 2.45) is 0 Å². The molecule has 6 nitrogen and oxygen atoms in total. The van der Waals surface area contributed by atoms with Crippen molar-refractivity contribution < 1.29 is 4.42 Å². The number of hydrogen-bond donors (Lipinski definition) is 0. The predicted octanol–water partition coefficient (Wildman–Crippen LogP) is 8.41. The molecule has 0 bridgehead atoms. The fraction of sp³-hybridized carbons (Fsp3) is 0. The maximum atomic E-state index is 6.39. The van der Waals surface area contributed by atoms with Gasteiger partial charge in [-0.25, -0.2) is 4.98 Å². The second-order valence-electron chi connectivity index (χ2n) is 8.32. The van der Waals surface area contributed by atoms with Crippen molar-refractivity contribution in [3.63, 3.8) is 0 Å². The van der Waals surface area contributed by atoms with Gasteiger partial charge in [0.15, 0.2) is 11.6 Å². The van der Waals surface area contributed by atoms with Crippen LogP contribution in [0.1, 0.15) is 0 Å². The Morgan fingerprint density at radius 2 is 1.54 bits per heavy atom. The molecule has 7 aromatic rings. The fourth-order valence-corrected chi connectivity index (χ4v) is 5.86. The minimum Gasteiger partial charge on any atom is -0.454 e. The smallest absolute Gasteiger partial charge is 0.235 e. The number of benzene rings is 3. The van der Waals surface area contributed by atoms with E-state index in [0.29, 0.717) is 33.0 Å². The molecule has 37 heavy (non-hydrogen) atoms. The van der Waals surface area contributed by atoms with E-state index in [1.54, 1.807) is 4.52 Å². The first-order valence-corrected chi connectivity index (χ1v) is 13.4. The number of furan rings is 1. The summed E-state index contributed by atoms with van der Waals surface area (Å²) in [6.45, 7) is 0. The number of nitrogens with zero attached hydrogens (tertiary/aromatic N) is 5. The highest BCUT2D eigenvalue weighted by atomic mass is 79.9. The van der Waals surface area contributed by atoms with Crippen molar-refractivity contribution >= 4 is 54.7 Å². The average Bonchev–Trinajstić information content (AvgIpc) is 3.65. The fourth-order valence-electron chi connectivity index (χ4n) is 4.30. The molecule has 7 rings (SSSR count). The highest BCUT2D eigenvalue weighted by Gasteiger charge is 2.19. The van der Waals surface area contributed by atoms with Crippen LogP contribution in [0.25, 0.3) is 60.6 Å². The Bertz CT molecular complexity index is 1940. The Labute approximate surface area is 228 Å². The lowest BCUT2D eigenvalue weighted by molar-refractivity contribution is 0.595. The number of hydrogen-bond acceptors (Lipinski definition) is 6. The molecule has 0 radical (unpaired) electrons. The van der Waals surface area contributed by atoms with Crippen LogP contribution in [0.5, 0.6) is 0 Å². The van der Waals surface area contributed by atoms with Crippen LogP contribution in [-0.2, 0) is 0 Å². The first kappa shape index (κ1) is 22.4. The van der Waals surface area contributed by atoms with Crippen LogP contribution >= 0.6 is 38.9 Å². The van der Waals surface area contributed by atoms with Gasteiger partial charge in [-0.3, -0.25) is 0 Å². The Kier molecular flexibility index (Phi) is 5.39. The molecular weight excluding hydrogens is 570 g/mol. The molecule has 0 aliphatic rings. The minimum atomic E-state index is 0.635. The van der Waals surface area contributed by atoms with Crippen molar-refractivity contribution in [2.45, 2.75) is 0 Å². The molecular formula is C28H15BrClN5OS. The lowest BCUT2D eigenvalue weighted by Gasteiger charge is -2.07. The van der Waals surface area contributed by atoms with Gasteiger partial charge in [-0.2, -0.15) is 9.61 Å². The molecule has 3 aromatic carbocycles. The van der Waals surface area contributed by atoms with Gasteiger partial charge in [0.2, 0.25) is 4.96 Å². The van der Waals surface area contributed by atoms with Gasteiger partial charge in [0.25, 0.3) is 0 Å². The van der Waals surface area contributed by atoms with Crippen molar-refractivity contribution in [3.8, 4) is 44.7 Å². The summed E-state index contributed by atoms with van der Waals surface area (Å²) in [6.07, 6.45) is 0. The van der Waals surface area contributed by atoms with Gasteiger partial charge >= 0.3 is 0 Å². The number of pyridine rings is 1. The predicted molar refractivity (Wildman–Crippen MR) is 151 cm³/mol. The molecule has 0 N–H and O–H groups in total. The molecule has 4 aromatic heterocycles. The summed E-state index contributed by atoms with van der Waals surface area (Å²) in [6, 6.07) is 29.4. The summed E-state index contributed by atoms with van der Waals surface area (Å²) >= 11 is 11.5. The third kappa shape index (κ3) is 3.85. The van der Waals surface area contributed by atoms with Crippen LogP contribution in [0, 0.1) is 0 Å². The van der Waals surface area contributed by atoms with Crippen LogP contribution in [0.4, 0.5) is 0 Å². The van der Waals surface area contributed by atoms with E-state index in [4.69, 9.17) is 26.1 Å². The number of fused-ring (bicyclic) bond motifs is 2. The first-order chi connectivity index (χ1) is 18.2. The summed E-state index contributed by atoms with van der Waals surface area (Å²) < 4.78 is 8.94. The zero-order valence-corrected chi connectivity index (χ0v) is 22.1. The largest absolute Gasteiger partial charge is 0.454 e. The maximum Gasteiger partial charge on any atom is 0.235 e. The maximum absolute atomic E-state index is 6.39. The van der Waals surface area contributed by atoms with Gasteiger partial charge in [0.05, 0.1) is 10.5 Å². The summed E-state index contributed by atoms with van der Waals surface area (Å²) in [5.74, 6) is 2.02. The van der Waals surface area contributed by atoms with Crippen LogP contribution < -0.4 is 0 Å². The number of aromatic nitrogens is 5. The van der Waals surface area contributed by atoms with Crippen molar-refractivity contribution in [1.29, 1.82) is 0 Å². The second kappa shape index (κ2) is 8.92. The molecule has 0 saturated heterocycles. The van der Waals surface area contributed by atoms with Crippen molar-refractivity contribution in [2.75, 3.05) is 0 Å². The van der Waals surface area contributed by atoms with Gasteiger partial charge in [0.1, 0.15) is 16.5 Å². The standard InChI is InChI=1S/C28H15BrClN5OS/c29-20-10-4-1-8-17(20)26-32-33-28-35(26)34-27(37-28)19-15-23(31-22-12-6-3-7-16(19)22)25-14-13-24(36-25)18-9-2-5-11-21(18)30/h1-15H. The monoisotopic (exact) mass is 583 g/mol. The van der Waals surface area contributed by atoms with Crippen LogP contribution in [0.15, 0.2) is 99.9 Å². The quantitative estimate of drug-likeness (QED) is 0.208. The number of halogens is 2. The molecule has 0 atom stereocenters. The van der Waals surface area contributed by atoms with E-state index in [1.807, 2.05) is 84.9 Å². The van der Waals surface area contributed by atoms with E-state index >= 15 is 0 Å². The van der Waals surface area contributed by atoms with Gasteiger partial charge in [0, 0.05) is 26.5 Å². The molecule has 178 valence electrons. The molecule has 0 spiro atoms. The third-order valence-corrected chi connectivity index (χ3v) is 8.00. The highest BCUT2D eigenvalue weighted by Crippen LogP contribution is 2.38. The second-order valence-corrected chi connectivity index (χ2v) is 10.5. The highest BCUT2D eigenvalue weighted by molar-refractivity contribution is 9.10. The van der Waals surface area contributed by atoms with E-state index < -0.39 is 0 Å². The lowest BCUT2D eigenvalue weighted by atomic mass is 10.1. The molecule has 0 unspecified atom stereocenters. The molecule has 0 aliphatic heterocycles. The Morgan fingerprint density at radius 1 is 0.784 bits per heavy atom. The number of rotatable bonds is 4. The van der Waals surface area contributed by atoms with E-state index in [-0.39, 0.29) is 0 Å². The van der Waals surface area contributed by atoms with Gasteiger partial charge < -0.3 is 4.42 Å². The first-order valence-electron chi connectivity index (χ1n) is 11.4. The average molecular weight is 585 g/mol. The zero-order valence-electron chi connectivity index (χ0n) is 19.0. The Hall–Kier alpha value is -3.85. The SMILES string of the molecule is Clc1ccccc1-c1ccc(-c2cc(-c3nn4c(-c5ccccc5Br)nnc4s3)c3ccccc3n2)o1. The Morgan fingerprint density at radius 3 is 2.41 bits per heavy atom. The molecule has 0 amide bonds. The lowest BCUT2D eigenvalue weighted by Crippen LogP contribution is -1.93. The Balaban J connectivity index is 1.38. The third-order valence-electron chi connectivity index (χ3n) is 6.05. The van der Waals surface area contributed by atoms with E-state index in [1.165, 1.54) is 11.3 Å². The molecule has 0 aliphatic carbocycles.